The first kappa shape index (κ1) is 11.4. The standard InChI is InChI=1S/C13H13NO3/c1-3-17-12-7-11(13(15)16)14-10-5-4-8(2)6-9(10)12/h4-7H,3H2,1-2H3,(H,15,16). The van der Waals surface area contributed by atoms with E-state index in [0.29, 0.717) is 17.9 Å². The highest BCUT2D eigenvalue weighted by Gasteiger charge is 2.11. The topological polar surface area (TPSA) is 59.4 Å². The first-order valence-electron chi connectivity index (χ1n) is 5.39. The number of carboxylic acid groups (broad SMARTS) is 1. The predicted molar refractivity (Wildman–Crippen MR) is 64.6 cm³/mol. The zero-order chi connectivity index (χ0) is 12.4. The molecule has 1 N–H and O–H groups in total. The van der Waals surface area contributed by atoms with Gasteiger partial charge in [-0.1, -0.05) is 11.6 Å². The van der Waals surface area contributed by atoms with Gasteiger partial charge in [0.05, 0.1) is 12.1 Å². The zero-order valence-electron chi connectivity index (χ0n) is 9.73. The second-order valence-electron chi connectivity index (χ2n) is 3.76. The Morgan fingerprint density at radius 1 is 1.41 bits per heavy atom. The molecule has 0 saturated heterocycles. The van der Waals surface area contributed by atoms with E-state index in [1.165, 1.54) is 6.07 Å². The summed E-state index contributed by atoms with van der Waals surface area (Å²) in [5.74, 6) is -0.480. The smallest absolute Gasteiger partial charge is 0.354 e. The average molecular weight is 231 g/mol. The van der Waals surface area contributed by atoms with Crippen molar-refractivity contribution in [3.63, 3.8) is 0 Å². The Kier molecular flexibility index (Phi) is 2.95. The molecule has 4 heteroatoms. The molecule has 1 aromatic heterocycles. The third kappa shape index (κ3) is 2.20. The van der Waals surface area contributed by atoms with Gasteiger partial charge in [0.2, 0.25) is 0 Å². The van der Waals surface area contributed by atoms with Crippen LogP contribution < -0.4 is 4.74 Å². The normalized spacial score (nSPS) is 10.5. The van der Waals surface area contributed by atoms with Crippen LogP contribution in [-0.4, -0.2) is 22.7 Å². The minimum Gasteiger partial charge on any atom is -0.493 e. The molecule has 1 heterocycles. The van der Waals surface area contributed by atoms with Crippen LogP contribution in [-0.2, 0) is 0 Å². The second kappa shape index (κ2) is 4.41. The number of hydrogen-bond donors (Lipinski definition) is 1. The molecule has 0 amide bonds. The Hall–Kier alpha value is -2.10. The maximum Gasteiger partial charge on any atom is 0.354 e. The van der Waals surface area contributed by atoms with Gasteiger partial charge >= 0.3 is 5.97 Å². The number of fused-ring (bicyclic) bond motifs is 1. The molecule has 88 valence electrons. The van der Waals surface area contributed by atoms with Crippen LogP contribution in [0.2, 0.25) is 0 Å². The highest BCUT2D eigenvalue weighted by Crippen LogP contribution is 2.26. The molecule has 0 atom stereocenters. The van der Waals surface area contributed by atoms with Crippen LogP contribution in [0.3, 0.4) is 0 Å². The lowest BCUT2D eigenvalue weighted by Crippen LogP contribution is -2.03. The molecule has 1 aromatic carbocycles. The van der Waals surface area contributed by atoms with Crippen molar-refractivity contribution in [3.05, 3.63) is 35.5 Å². The van der Waals surface area contributed by atoms with Crippen LogP contribution in [0.1, 0.15) is 23.0 Å². The van der Waals surface area contributed by atoms with Crippen molar-refractivity contribution >= 4 is 16.9 Å². The maximum atomic E-state index is 10.9. The van der Waals surface area contributed by atoms with Crippen molar-refractivity contribution in [3.8, 4) is 5.75 Å². The van der Waals surface area contributed by atoms with Crippen LogP contribution >= 0.6 is 0 Å². The number of ether oxygens (including phenoxy) is 1. The monoisotopic (exact) mass is 231 g/mol. The van der Waals surface area contributed by atoms with Crippen LogP contribution in [0.15, 0.2) is 24.3 Å². The molecular weight excluding hydrogens is 218 g/mol. The van der Waals surface area contributed by atoms with Gasteiger partial charge < -0.3 is 9.84 Å². The zero-order valence-corrected chi connectivity index (χ0v) is 9.73. The number of carboxylic acids is 1. The van der Waals surface area contributed by atoms with Gasteiger partial charge in [-0.05, 0) is 26.0 Å². The minimum absolute atomic E-state index is 0.00445. The Morgan fingerprint density at radius 3 is 2.82 bits per heavy atom. The van der Waals surface area contributed by atoms with Crippen molar-refractivity contribution in [2.45, 2.75) is 13.8 Å². The van der Waals surface area contributed by atoms with Gasteiger partial charge in [-0.2, -0.15) is 0 Å². The van der Waals surface area contributed by atoms with Crippen molar-refractivity contribution in [2.24, 2.45) is 0 Å². The van der Waals surface area contributed by atoms with Gasteiger partial charge in [0.25, 0.3) is 0 Å². The minimum atomic E-state index is -1.05. The number of aryl methyl sites for hydroxylation is 1. The van der Waals surface area contributed by atoms with E-state index >= 15 is 0 Å². The van der Waals surface area contributed by atoms with Gasteiger partial charge in [-0.3, -0.25) is 0 Å². The fraction of sp³-hybridized carbons (Fsp3) is 0.231. The molecule has 0 radical (unpaired) electrons. The molecule has 0 aliphatic heterocycles. The van der Waals surface area contributed by atoms with Crippen molar-refractivity contribution in [1.29, 1.82) is 0 Å². The summed E-state index contributed by atoms with van der Waals surface area (Å²) in [4.78, 5) is 15.0. The third-order valence-corrected chi connectivity index (χ3v) is 2.45. The fourth-order valence-electron chi connectivity index (χ4n) is 1.69. The van der Waals surface area contributed by atoms with E-state index in [2.05, 4.69) is 4.98 Å². The average Bonchev–Trinajstić information content (AvgIpc) is 2.29. The third-order valence-electron chi connectivity index (χ3n) is 2.45. The van der Waals surface area contributed by atoms with Gasteiger partial charge in [0.1, 0.15) is 5.75 Å². The molecule has 2 rings (SSSR count). The van der Waals surface area contributed by atoms with Gasteiger partial charge in [0, 0.05) is 11.5 Å². The Bertz CT molecular complexity index is 578. The number of hydrogen-bond acceptors (Lipinski definition) is 3. The summed E-state index contributed by atoms with van der Waals surface area (Å²) in [6, 6.07) is 7.11. The van der Waals surface area contributed by atoms with Crippen molar-refractivity contribution in [2.75, 3.05) is 6.61 Å². The number of benzene rings is 1. The molecule has 0 aliphatic carbocycles. The van der Waals surface area contributed by atoms with Crippen molar-refractivity contribution < 1.29 is 14.6 Å². The van der Waals surface area contributed by atoms with E-state index in [4.69, 9.17) is 9.84 Å². The van der Waals surface area contributed by atoms with Crippen LogP contribution in [0, 0.1) is 6.92 Å². The van der Waals surface area contributed by atoms with E-state index in [1.807, 2.05) is 26.0 Å². The summed E-state index contributed by atoms with van der Waals surface area (Å²) >= 11 is 0. The first-order valence-corrected chi connectivity index (χ1v) is 5.39. The molecule has 0 fully saturated rings. The SMILES string of the molecule is CCOc1cc(C(=O)O)nc2ccc(C)cc12. The Morgan fingerprint density at radius 2 is 2.18 bits per heavy atom. The molecule has 0 unspecified atom stereocenters. The summed E-state index contributed by atoms with van der Waals surface area (Å²) in [6.45, 7) is 4.33. The second-order valence-corrected chi connectivity index (χ2v) is 3.76. The van der Waals surface area contributed by atoms with E-state index < -0.39 is 5.97 Å². The molecule has 0 saturated carbocycles. The predicted octanol–water partition coefficient (Wildman–Crippen LogP) is 2.64. The summed E-state index contributed by atoms with van der Waals surface area (Å²) in [5, 5.41) is 9.82. The quantitative estimate of drug-likeness (QED) is 0.882. The largest absolute Gasteiger partial charge is 0.493 e. The van der Waals surface area contributed by atoms with Crippen molar-refractivity contribution in [1.82, 2.24) is 4.98 Å². The van der Waals surface area contributed by atoms with Gasteiger partial charge in [0.15, 0.2) is 5.69 Å². The van der Waals surface area contributed by atoms with Crippen LogP contribution in [0.5, 0.6) is 5.75 Å². The van der Waals surface area contributed by atoms with E-state index in [1.54, 1.807) is 6.07 Å². The molecule has 0 bridgehead atoms. The van der Waals surface area contributed by atoms with E-state index in [0.717, 1.165) is 10.9 Å². The molecule has 2 aromatic rings. The number of aromatic carboxylic acids is 1. The lowest BCUT2D eigenvalue weighted by Gasteiger charge is -2.09. The number of carbonyl (C=O) groups is 1. The molecule has 17 heavy (non-hydrogen) atoms. The van der Waals surface area contributed by atoms with Gasteiger partial charge in [-0.25, -0.2) is 9.78 Å². The van der Waals surface area contributed by atoms with E-state index in [9.17, 15) is 4.79 Å². The highest BCUT2D eigenvalue weighted by atomic mass is 16.5. The molecule has 4 nitrogen and oxygen atoms in total. The summed E-state index contributed by atoms with van der Waals surface area (Å²) < 4.78 is 5.46. The molecule has 0 aliphatic rings. The number of rotatable bonds is 3. The summed E-state index contributed by atoms with van der Waals surface area (Å²) in [6.07, 6.45) is 0. The molecule has 0 spiro atoms. The number of pyridine rings is 1. The summed E-state index contributed by atoms with van der Waals surface area (Å²) in [5.41, 5.74) is 1.73. The number of aromatic nitrogens is 1. The van der Waals surface area contributed by atoms with Crippen LogP contribution in [0.25, 0.3) is 10.9 Å². The maximum absolute atomic E-state index is 10.9. The van der Waals surface area contributed by atoms with Crippen LogP contribution in [0.4, 0.5) is 0 Å². The van der Waals surface area contributed by atoms with Gasteiger partial charge in [-0.15, -0.1) is 0 Å². The lowest BCUT2D eigenvalue weighted by molar-refractivity contribution is 0.0690. The first-order chi connectivity index (χ1) is 8.11. The Labute approximate surface area is 98.9 Å². The highest BCUT2D eigenvalue weighted by molar-refractivity contribution is 5.93. The fourth-order valence-corrected chi connectivity index (χ4v) is 1.69. The van der Waals surface area contributed by atoms with E-state index in [-0.39, 0.29) is 5.69 Å². The Balaban J connectivity index is 2.71. The lowest BCUT2D eigenvalue weighted by atomic mass is 10.1. The number of nitrogens with zero attached hydrogens (tertiary/aromatic N) is 1. The molecular formula is C13H13NO3. The summed E-state index contributed by atoms with van der Waals surface area (Å²) in [7, 11) is 0.